The fourth-order valence-corrected chi connectivity index (χ4v) is 4.05. The van der Waals surface area contributed by atoms with E-state index in [2.05, 4.69) is 41.3 Å². The first-order valence-electron chi connectivity index (χ1n) is 7.73. The Labute approximate surface area is 139 Å². The molecule has 4 rings (SSSR count). The molecule has 4 nitrogen and oxygen atoms in total. The van der Waals surface area contributed by atoms with E-state index in [4.69, 9.17) is 4.98 Å². The fraction of sp³-hybridized carbons (Fsp3) is 0.278. The smallest absolute Gasteiger partial charge is 0.223 e. The maximum Gasteiger partial charge on any atom is 0.223 e. The van der Waals surface area contributed by atoms with Gasteiger partial charge in [0.15, 0.2) is 0 Å². The molecular weight excluding hydrogens is 304 g/mol. The Hall–Kier alpha value is -2.27. The second-order valence-corrected chi connectivity index (χ2v) is 7.34. The molecule has 2 aromatic heterocycles. The van der Waals surface area contributed by atoms with Gasteiger partial charge in [-0.2, -0.15) is 0 Å². The third-order valence-corrected chi connectivity index (χ3v) is 5.00. The van der Waals surface area contributed by atoms with Gasteiger partial charge in [-0.05, 0) is 39.3 Å². The molecule has 0 radical (unpaired) electrons. The van der Waals surface area contributed by atoms with Gasteiger partial charge in [-0.25, -0.2) is 15.0 Å². The van der Waals surface area contributed by atoms with Crippen LogP contribution in [-0.2, 0) is 0 Å². The van der Waals surface area contributed by atoms with Crippen molar-refractivity contribution >= 4 is 38.4 Å². The first kappa shape index (κ1) is 14.3. The Morgan fingerprint density at radius 3 is 2.87 bits per heavy atom. The second kappa shape index (κ2) is 5.42. The molecule has 1 aliphatic rings. The number of aromatic nitrogens is 3. The standard InChI is InChI=1S/C18H18N4S/c1-10-6-11(2)8-14(7-10)21-18-19-9-13-4-5-15-17(16(13)22-18)23-12(3)20-15/h4-7,9,14H,8H2,1-3H3,(H,19,21,22). The summed E-state index contributed by atoms with van der Waals surface area (Å²) in [6.07, 6.45) is 7.34. The van der Waals surface area contributed by atoms with Crippen LogP contribution in [0.1, 0.15) is 25.3 Å². The highest BCUT2D eigenvalue weighted by molar-refractivity contribution is 7.19. The van der Waals surface area contributed by atoms with Gasteiger partial charge in [-0.15, -0.1) is 11.3 Å². The summed E-state index contributed by atoms with van der Waals surface area (Å²) in [5.41, 5.74) is 4.66. The largest absolute Gasteiger partial charge is 0.348 e. The molecule has 1 aliphatic carbocycles. The molecule has 0 bridgehead atoms. The summed E-state index contributed by atoms with van der Waals surface area (Å²) in [5.74, 6) is 0.680. The highest BCUT2D eigenvalue weighted by Crippen LogP contribution is 2.29. The van der Waals surface area contributed by atoms with Crippen LogP contribution in [0, 0.1) is 6.92 Å². The molecule has 1 unspecified atom stereocenters. The summed E-state index contributed by atoms with van der Waals surface area (Å²) in [6.45, 7) is 6.32. The molecule has 1 aromatic carbocycles. The summed E-state index contributed by atoms with van der Waals surface area (Å²) >= 11 is 1.69. The Morgan fingerprint density at radius 1 is 1.17 bits per heavy atom. The van der Waals surface area contributed by atoms with Gasteiger partial charge in [0.1, 0.15) is 0 Å². The lowest BCUT2D eigenvalue weighted by atomic mass is 9.97. The minimum absolute atomic E-state index is 0.250. The van der Waals surface area contributed by atoms with Crippen molar-refractivity contribution in [3.8, 4) is 0 Å². The number of nitrogens with zero attached hydrogens (tertiary/aromatic N) is 3. The first-order valence-corrected chi connectivity index (χ1v) is 8.55. The normalized spacial score (nSPS) is 18.1. The number of nitrogens with one attached hydrogen (secondary N) is 1. The monoisotopic (exact) mass is 322 g/mol. The van der Waals surface area contributed by atoms with Crippen LogP contribution in [0.5, 0.6) is 0 Å². The maximum absolute atomic E-state index is 4.76. The molecule has 0 saturated heterocycles. The lowest BCUT2D eigenvalue weighted by Gasteiger charge is -2.20. The lowest BCUT2D eigenvalue weighted by Crippen LogP contribution is -2.21. The number of rotatable bonds is 2. The van der Waals surface area contributed by atoms with Crippen LogP contribution in [-0.4, -0.2) is 21.0 Å². The van der Waals surface area contributed by atoms with Gasteiger partial charge in [0.25, 0.3) is 0 Å². The zero-order valence-corrected chi connectivity index (χ0v) is 14.2. The van der Waals surface area contributed by atoms with Crippen LogP contribution in [0.25, 0.3) is 21.1 Å². The van der Waals surface area contributed by atoms with Crippen molar-refractivity contribution in [2.45, 2.75) is 33.2 Å². The van der Waals surface area contributed by atoms with E-state index >= 15 is 0 Å². The van der Waals surface area contributed by atoms with Gasteiger partial charge < -0.3 is 5.32 Å². The summed E-state index contributed by atoms with van der Waals surface area (Å²) in [5, 5.41) is 5.57. The van der Waals surface area contributed by atoms with Gasteiger partial charge in [0, 0.05) is 11.6 Å². The van der Waals surface area contributed by atoms with Crippen LogP contribution >= 0.6 is 11.3 Å². The summed E-state index contributed by atoms with van der Waals surface area (Å²) in [6, 6.07) is 4.33. The number of aryl methyl sites for hydroxylation is 1. The number of hydrogen-bond donors (Lipinski definition) is 1. The zero-order valence-electron chi connectivity index (χ0n) is 13.4. The topological polar surface area (TPSA) is 50.7 Å². The molecule has 0 fully saturated rings. The predicted molar refractivity (Wildman–Crippen MR) is 97.0 cm³/mol. The van der Waals surface area contributed by atoms with E-state index in [1.807, 2.05) is 25.3 Å². The summed E-state index contributed by atoms with van der Waals surface area (Å²) in [4.78, 5) is 13.8. The highest BCUT2D eigenvalue weighted by atomic mass is 32.1. The molecule has 0 spiro atoms. The van der Waals surface area contributed by atoms with E-state index in [9.17, 15) is 0 Å². The van der Waals surface area contributed by atoms with E-state index in [1.165, 1.54) is 11.1 Å². The van der Waals surface area contributed by atoms with E-state index in [0.29, 0.717) is 5.95 Å². The van der Waals surface area contributed by atoms with Crippen molar-refractivity contribution in [3.05, 3.63) is 46.6 Å². The molecule has 5 heteroatoms. The van der Waals surface area contributed by atoms with Crippen molar-refractivity contribution < 1.29 is 0 Å². The second-order valence-electron chi connectivity index (χ2n) is 6.13. The quantitative estimate of drug-likeness (QED) is 0.747. The number of benzene rings is 1. The van der Waals surface area contributed by atoms with Gasteiger partial charge >= 0.3 is 0 Å². The molecule has 0 amide bonds. The average Bonchev–Trinajstić information content (AvgIpc) is 2.87. The molecule has 2 heterocycles. The predicted octanol–water partition coefficient (Wildman–Crippen LogP) is 4.62. The Kier molecular flexibility index (Phi) is 3.38. The van der Waals surface area contributed by atoms with Gasteiger partial charge in [0.05, 0.1) is 26.8 Å². The van der Waals surface area contributed by atoms with Crippen molar-refractivity contribution in [1.82, 2.24) is 15.0 Å². The molecule has 0 aliphatic heterocycles. The van der Waals surface area contributed by atoms with E-state index in [-0.39, 0.29) is 6.04 Å². The third-order valence-electron chi connectivity index (χ3n) is 4.01. The number of thiazole rings is 1. The summed E-state index contributed by atoms with van der Waals surface area (Å²) in [7, 11) is 0. The molecule has 1 atom stereocenters. The van der Waals surface area contributed by atoms with Crippen LogP contribution in [0.3, 0.4) is 0 Å². The highest BCUT2D eigenvalue weighted by Gasteiger charge is 2.14. The molecule has 116 valence electrons. The zero-order chi connectivity index (χ0) is 16.0. The van der Waals surface area contributed by atoms with Crippen LogP contribution in [0.2, 0.25) is 0 Å². The van der Waals surface area contributed by atoms with Crippen molar-refractivity contribution in [2.24, 2.45) is 0 Å². The minimum atomic E-state index is 0.250. The molecule has 3 aromatic rings. The van der Waals surface area contributed by atoms with Gasteiger partial charge in [-0.3, -0.25) is 0 Å². The molecule has 1 N–H and O–H groups in total. The number of allylic oxidation sites excluding steroid dienone is 2. The van der Waals surface area contributed by atoms with E-state index in [0.717, 1.165) is 32.5 Å². The number of fused-ring (bicyclic) bond motifs is 3. The average molecular weight is 322 g/mol. The van der Waals surface area contributed by atoms with Gasteiger partial charge in [0.2, 0.25) is 5.95 Å². The van der Waals surface area contributed by atoms with Crippen LogP contribution in [0.15, 0.2) is 41.6 Å². The fourth-order valence-electron chi connectivity index (χ4n) is 3.14. The first-order chi connectivity index (χ1) is 11.1. The number of hydrogen-bond acceptors (Lipinski definition) is 5. The van der Waals surface area contributed by atoms with Crippen molar-refractivity contribution in [2.75, 3.05) is 5.32 Å². The van der Waals surface area contributed by atoms with Gasteiger partial charge in [-0.1, -0.05) is 23.3 Å². The van der Waals surface area contributed by atoms with Crippen molar-refractivity contribution in [1.29, 1.82) is 0 Å². The minimum Gasteiger partial charge on any atom is -0.348 e. The lowest BCUT2D eigenvalue weighted by molar-refractivity contribution is 0.818. The van der Waals surface area contributed by atoms with Crippen LogP contribution < -0.4 is 5.32 Å². The van der Waals surface area contributed by atoms with E-state index in [1.54, 1.807) is 11.3 Å². The summed E-state index contributed by atoms with van der Waals surface area (Å²) < 4.78 is 1.14. The Bertz CT molecular complexity index is 968. The number of anilines is 1. The van der Waals surface area contributed by atoms with Crippen LogP contribution in [0.4, 0.5) is 5.95 Å². The maximum atomic E-state index is 4.76. The molecule has 0 saturated carbocycles. The third kappa shape index (κ3) is 2.72. The Balaban J connectivity index is 1.74. The SMILES string of the molecule is CC1=CC(Nc2ncc3ccc4nc(C)sc4c3n2)CC(C)=C1. The van der Waals surface area contributed by atoms with E-state index < -0.39 is 0 Å². The Morgan fingerprint density at radius 2 is 2.04 bits per heavy atom. The molecular formula is C18H18N4S. The molecule has 23 heavy (non-hydrogen) atoms. The van der Waals surface area contributed by atoms with Crippen molar-refractivity contribution in [3.63, 3.8) is 0 Å².